The number of hydrogen-bond donors (Lipinski definition) is 1. The molecule has 1 aromatic rings. The third kappa shape index (κ3) is 3.29. The molecule has 2 atom stereocenters. The fourth-order valence-corrected chi connectivity index (χ4v) is 2.71. The molecule has 0 amide bonds. The monoisotopic (exact) mass is 282 g/mol. The van der Waals surface area contributed by atoms with E-state index in [1.54, 1.807) is 13.2 Å². The Morgan fingerprint density at radius 3 is 3.00 bits per heavy atom. The molecule has 1 aliphatic heterocycles. The summed E-state index contributed by atoms with van der Waals surface area (Å²) in [5, 5.41) is 3.24. The molecule has 112 valence electrons. The van der Waals surface area contributed by atoms with Gasteiger partial charge in [0.05, 0.1) is 25.9 Å². The SMILES string of the molecule is CCN1CCOC(C(NC)c2cc(F)ccc2OC)C1. The minimum absolute atomic E-state index is 0.00981. The third-order valence-electron chi connectivity index (χ3n) is 3.83. The van der Waals surface area contributed by atoms with Gasteiger partial charge in [0.15, 0.2) is 0 Å². The number of methoxy groups -OCH3 is 1. The lowest BCUT2D eigenvalue weighted by Gasteiger charge is -2.37. The standard InChI is InChI=1S/C15H23FN2O2/c1-4-18-7-8-20-14(10-18)15(17-2)12-9-11(16)5-6-13(12)19-3/h5-6,9,14-15,17H,4,7-8,10H2,1-3H3. The molecule has 2 rings (SSSR count). The van der Waals surface area contributed by atoms with Crippen LogP contribution in [-0.4, -0.2) is 51.4 Å². The van der Waals surface area contributed by atoms with Crippen LogP contribution >= 0.6 is 0 Å². The predicted molar refractivity (Wildman–Crippen MR) is 76.6 cm³/mol. The Morgan fingerprint density at radius 2 is 2.35 bits per heavy atom. The lowest BCUT2D eigenvalue weighted by molar-refractivity contribution is -0.0447. The van der Waals surface area contributed by atoms with Crippen molar-refractivity contribution < 1.29 is 13.9 Å². The smallest absolute Gasteiger partial charge is 0.123 e. The highest BCUT2D eigenvalue weighted by atomic mass is 19.1. The molecule has 1 aliphatic rings. The number of halogens is 1. The predicted octanol–water partition coefficient (Wildman–Crippen LogP) is 1.82. The molecule has 0 saturated carbocycles. The average molecular weight is 282 g/mol. The van der Waals surface area contributed by atoms with Gasteiger partial charge < -0.3 is 14.8 Å². The van der Waals surface area contributed by atoms with E-state index in [0.29, 0.717) is 12.4 Å². The van der Waals surface area contributed by atoms with E-state index in [9.17, 15) is 4.39 Å². The third-order valence-corrected chi connectivity index (χ3v) is 3.83. The lowest BCUT2D eigenvalue weighted by atomic mass is 9.99. The van der Waals surface area contributed by atoms with Crippen molar-refractivity contribution >= 4 is 0 Å². The van der Waals surface area contributed by atoms with Gasteiger partial charge >= 0.3 is 0 Å². The van der Waals surface area contributed by atoms with Crippen LogP contribution in [0, 0.1) is 5.82 Å². The summed E-state index contributed by atoms with van der Waals surface area (Å²) in [7, 11) is 3.47. The van der Waals surface area contributed by atoms with Crippen molar-refractivity contribution in [3.8, 4) is 5.75 Å². The van der Waals surface area contributed by atoms with Gasteiger partial charge in [-0.25, -0.2) is 4.39 Å². The maximum atomic E-state index is 13.6. The fraction of sp³-hybridized carbons (Fsp3) is 0.600. The molecule has 1 saturated heterocycles. The molecule has 0 aliphatic carbocycles. The van der Waals surface area contributed by atoms with Crippen LogP contribution in [-0.2, 0) is 4.74 Å². The normalized spacial score (nSPS) is 21.7. The van der Waals surface area contributed by atoms with Crippen LogP contribution in [0.25, 0.3) is 0 Å². The Kier molecular flexibility index (Phi) is 5.34. The van der Waals surface area contributed by atoms with Gasteiger partial charge in [0.1, 0.15) is 11.6 Å². The molecular formula is C15H23FN2O2. The second-order valence-corrected chi connectivity index (χ2v) is 4.96. The van der Waals surface area contributed by atoms with Crippen molar-refractivity contribution in [2.45, 2.75) is 19.1 Å². The van der Waals surface area contributed by atoms with Crippen LogP contribution in [0.1, 0.15) is 18.5 Å². The van der Waals surface area contributed by atoms with E-state index in [1.807, 2.05) is 7.05 Å². The summed E-state index contributed by atoms with van der Waals surface area (Å²) in [5.41, 5.74) is 0.804. The first-order chi connectivity index (χ1) is 9.69. The van der Waals surface area contributed by atoms with Crippen molar-refractivity contribution in [3.05, 3.63) is 29.6 Å². The maximum Gasteiger partial charge on any atom is 0.123 e. The van der Waals surface area contributed by atoms with E-state index in [-0.39, 0.29) is 18.0 Å². The van der Waals surface area contributed by atoms with Crippen LogP contribution in [0.3, 0.4) is 0 Å². The van der Waals surface area contributed by atoms with E-state index in [1.165, 1.54) is 12.1 Å². The van der Waals surface area contributed by atoms with Gasteiger partial charge in [-0.3, -0.25) is 4.90 Å². The van der Waals surface area contributed by atoms with Crippen molar-refractivity contribution in [3.63, 3.8) is 0 Å². The zero-order chi connectivity index (χ0) is 14.5. The van der Waals surface area contributed by atoms with Gasteiger partial charge in [0.25, 0.3) is 0 Å². The Morgan fingerprint density at radius 1 is 1.55 bits per heavy atom. The molecule has 0 aromatic heterocycles. The largest absolute Gasteiger partial charge is 0.496 e. The Bertz CT molecular complexity index is 442. The van der Waals surface area contributed by atoms with Crippen molar-refractivity contribution in [2.24, 2.45) is 0 Å². The summed E-state index contributed by atoms with van der Waals surface area (Å²) in [6, 6.07) is 4.51. The first-order valence-electron chi connectivity index (χ1n) is 7.04. The van der Waals surface area contributed by atoms with E-state index < -0.39 is 0 Å². The topological polar surface area (TPSA) is 33.7 Å². The highest BCUT2D eigenvalue weighted by Gasteiger charge is 2.29. The minimum atomic E-state index is -0.260. The Balaban J connectivity index is 2.25. The van der Waals surface area contributed by atoms with Gasteiger partial charge in [-0.2, -0.15) is 0 Å². The number of ether oxygens (including phenoxy) is 2. The minimum Gasteiger partial charge on any atom is -0.496 e. The summed E-state index contributed by atoms with van der Waals surface area (Å²) in [6.45, 7) is 5.62. The van der Waals surface area contributed by atoms with Crippen LogP contribution in [0.4, 0.5) is 4.39 Å². The molecule has 2 unspecified atom stereocenters. The van der Waals surface area contributed by atoms with E-state index in [4.69, 9.17) is 9.47 Å². The zero-order valence-electron chi connectivity index (χ0n) is 12.4. The Labute approximate surface area is 119 Å². The van der Waals surface area contributed by atoms with Crippen LogP contribution < -0.4 is 10.1 Å². The lowest BCUT2D eigenvalue weighted by Crippen LogP contribution is -2.47. The second kappa shape index (κ2) is 7.02. The summed E-state index contributed by atoms with van der Waals surface area (Å²) in [5.74, 6) is 0.423. The molecule has 1 N–H and O–H groups in total. The van der Waals surface area contributed by atoms with E-state index >= 15 is 0 Å². The first-order valence-corrected chi connectivity index (χ1v) is 7.04. The quantitative estimate of drug-likeness (QED) is 0.893. The number of likely N-dealkylation sites (N-methyl/N-ethyl adjacent to an activating group) is 2. The van der Waals surface area contributed by atoms with Gasteiger partial charge in [0, 0.05) is 18.7 Å². The number of rotatable bonds is 5. The number of nitrogens with one attached hydrogen (secondary N) is 1. The highest BCUT2D eigenvalue weighted by Crippen LogP contribution is 2.30. The summed E-state index contributed by atoms with van der Waals surface area (Å²) >= 11 is 0. The van der Waals surface area contributed by atoms with Crippen LogP contribution in [0.15, 0.2) is 18.2 Å². The number of hydrogen-bond acceptors (Lipinski definition) is 4. The van der Waals surface area contributed by atoms with Crippen molar-refractivity contribution in [1.29, 1.82) is 0 Å². The van der Waals surface area contributed by atoms with Gasteiger partial charge in [-0.1, -0.05) is 6.92 Å². The summed E-state index contributed by atoms with van der Waals surface area (Å²) in [6.07, 6.45) is -0.00981. The molecule has 0 bridgehead atoms. The van der Waals surface area contributed by atoms with Gasteiger partial charge in [-0.05, 0) is 31.8 Å². The zero-order valence-corrected chi connectivity index (χ0v) is 12.4. The average Bonchev–Trinajstić information content (AvgIpc) is 2.48. The molecule has 5 heteroatoms. The van der Waals surface area contributed by atoms with Crippen molar-refractivity contribution in [1.82, 2.24) is 10.2 Å². The molecule has 1 fully saturated rings. The number of nitrogens with zero attached hydrogens (tertiary/aromatic N) is 1. The second-order valence-electron chi connectivity index (χ2n) is 4.96. The molecular weight excluding hydrogens is 259 g/mol. The molecule has 4 nitrogen and oxygen atoms in total. The van der Waals surface area contributed by atoms with Crippen molar-refractivity contribution in [2.75, 3.05) is 40.4 Å². The van der Waals surface area contributed by atoms with E-state index in [2.05, 4.69) is 17.1 Å². The first kappa shape index (κ1) is 15.2. The molecule has 1 aromatic carbocycles. The Hall–Kier alpha value is -1.17. The molecule has 0 spiro atoms. The number of morpholine rings is 1. The molecule has 20 heavy (non-hydrogen) atoms. The maximum absolute atomic E-state index is 13.6. The highest BCUT2D eigenvalue weighted by molar-refractivity contribution is 5.37. The van der Waals surface area contributed by atoms with Gasteiger partial charge in [0.2, 0.25) is 0 Å². The summed E-state index contributed by atoms with van der Waals surface area (Å²) < 4.78 is 24.8. The molecule has 0 radical (unpaired) electrons. The van der Waals surface area contributed by atoms with E-state index in [0.717, 1.165) is 25.2 Å². The van der Waals surface area contributed by atoms with Crippen LogP contribution in [0.5, 0.6) is 5.75 Å². The summed E-state index contributed by atoms with van der Waals surface area (Å²) in [4.78, 5) is 2.34. The molecule has 1 heterocycles. The van der Waals surface area contributed by atoms with Crippen LogP contribution in [0.2, 0.25) is 0 Å². The number of benzene rings is 1. The van der Waals surface area contributed by atoms with Gasteiger partial charge in [-0.15, -0.1) is 0 Å². The fourth-order valence-electron chi connectivity index (χ4n) is 2.71.